The van der Waals surface area contributed by atoms with Crippen LogP contribution in [-0.2, 0) is 7.05 Å². The number of aromatic nitrogens is 2. The molecule has 0 saturated carbocycles. The smallest absolute Gasteiger partial charge is 0.273 e. The second-order valence-corrected chi connectivity index (χ2v) is 6.17. The van der Waals surface area contributed by atoms with E-state index in [2.05, 4.69) is 39.0 Å². The molecule has 118 valence electrons. The van der Waals surface area contributed by atoms with Gasteiger partial charge in [0.1, 0.15) is 5.69 Å². The van der Waals surface area contributed by atoms with Crippen LogP contribution in [0.3, 0.4) is 0 Å². The maximum atomic E-state index is 12.9. The van der Waals surface area contributed by atoms with E-state index in [-0.39, 0.29) is 11.5 Å². The van der Waals surface area contributed by atoms with Crippen LogP contribution in [0.2, 0.25) is 0 Å². The third-order valence-corrected chi connectivity index (χ3v) is 4.56. The lowest BCUT2D eigenvalue weighted by molar-refractivity contribution is 0.714. The van der Waals surface area contributed by atoms with Crippen molar-refractivity contribution < 1.29 is 0 Å². The first-order valence-electron chi connectivity index (χ1n) is 8.05. The van der Waals surface area contributed by atoms with Crippen molar-refractivity contribution in [3.63, 3.8) is 0 Å². The van der Waals surface area contributed by atoms with Crippen molar-refractivity contribution in [1.29, 1.82) is 0 Å². The van der Waals surface area contributed by atoms with Crippen molar-refractivity contribution in [3.8, 4) is 0 Å². The van der Waals surface area contributed by atoms with Crippen molar-refractivity contribution in [2.45, 2.75) is 33.1 Å². The summed E-state index contributed by atoms with van der Waals surface area (Å²) in [6.07, 6.45) is 0.852. The maximum absolute atomic E-state index is 12.9. The van der Waals surface area contributed by atoms with Crippen molar-refractivity contribution in [3.05, 3.63) is 75.2 Å². The van der Waals surface area contributed by atoms with E-state index in [4.69, 9.17) is 4.98 Å². The molecule has 0 aliphatic rings. The minimum Gasteiger partial charge on any atom is -0.308 e. The monoisotopic (exact) mass is 306 g/mol. The summed E-state index contributed by atoms with van der Waals surface area (Å²) in [6.45, 7) is 6.30. The molecule has 0 fully saturated rings. The van der Waals surface area contributed by atoms with E-state index in [1.807, 2.05) is 31.3 Å². The van der Waals surface area contributed by atoms with Gasteiger partial charge in [0.05, 0.1) is 11.0 Å². The highest BCUT2D eigenvalue weighted by Gasteiger charge is 2.21. The fourth-order valence-electron chi connectivity index (χ4n) is 3.22. The molecule has 2 aromatic carbocycles. The molecule has 3 heteroatoms. The minimum atomic E-state index is -0.00328. The number of hydrogen-bond acceptors (Lipinski definition) is 2. The fourth-order valence-corrected chi connectivity index (χ4v) is 3.22. The second-order valence-electron chi connectivity index (χ2n) is 6.17. The Kier molecular flexibility index (Phi) is 4.03. The molecule has 0 saturated heterocycles. The number of hydrogen-bond donors (Lipinski definition) is 0. The predicted molar refractivity (Wildman–Crippen MR) is 95.0 cm³/mol. The van der Waals surface area contributed by atoms with Crippen molar-refractivity contribution in [2.75, 3.05) is 0 Å². The largest absolute Gasteiger partial charge is 0.308 e. The highest BCUT2D eigenvalue weighted by atomic mass is 16.1. The van der Waals surface area contributed by atoms with Gasteiger partial charge in [-0.3, -0.25) is 4.79 Å². The van der Waals surface area contributed by atoms with Crippen molar-refractivity contribution in [2.24, 2.45) is 7.05 Å². The Balaban J connectivity index is 2.27. The summed E-state index contributed by atoms with van der Waals surface area (Å²) in [5.74, 6) is 0.0261. The average molecular weight is 306 g/mol. The minimum absolute atomic E-state index is 0.00328. The number of fused-ring (bicyclic) bond motifs is 1. The Labute approximate surface area is 136 Å². The molecule has 3 rings (SSSR count). The van der Waals surface area contributed by atoms with E-state index >= 15 is 0 Å². The van der Waals surface area contributed by atoms with Crippen molar-refractivity contribution in [1.82, 2.24) is 9.55 Å². The number of para-hydroxylation sites is 2. The lowest BCUT2D eigenvalue weighted by atomic mass is 9.88. The topological polar surface area (TPSA) is 34.9 Å². The van der Waals surface area contributed by atoms with Gasteiger partial charge in [0.25, 0.3) is 5.56 Å². The van der Waals surface area contributed by atoms with Gasteiger partial charge in [-0.05, 0) is 43.5 Å². The van der Waals surface area contributed by atoms with Crippen molar-refractivity contribution >= 4 is 11.0 Å². The zero-order valence-electron chi connectivity index (χ0n) is 14.1. The third kappa shape index (κ3) is 2.67. The number of benzene rings is 2. The van der Waals surface area contributed by atoms with Gasteiger partial charge in [0, 0.05) is 13.0 Å². The first-order valence-corrected chi connectivity index (χ1v) is 8.05. The Morgan fingerprint density at radius 1 is 1.13 bits per heavy atom. The molecule has 0 N–H and O–H groups in total. The summed E-state index contributed by atoms with van der Waals surface area (Å²) in [5.41, 5.74) is 6.00. The maximum Gasteiger partial charge on any atom is 0.273 e. The van der Waals surface area contributed by atoms with Crippen LogP contribution in [0.15, 0.2) is 47.3 Å². The molecule has 0 aliphatic heterocycles. The molecular formula is C20H22N2O. The van der Waals surface area contributed by atoms with Gasteiger partial charge in [-0.15, -0.1) is 0 Å². The van der Waals surface area contributed by atoms with Gasteiger partial charge in [0.15, 0.2) is 0 Å². The van der Waals surface area contributed by atoms with Gasteiger partial charge >= 0.3 is 0 Å². The zero-order chi connectivity index (χ0) is 16.6. The van der Waals surface area contributed by atoms with Crippen LogP contribution in [0, 0.1) is 13.8 Å². The molecule has 1 atom stereocenters. The Morgan fingerprint density at radius 2 is 1.87 bits per heavy atom. The summed E-state index contributed by atoms with van der Waals surface area (Å²) >= 11 is 0. The molecule has 3 nitrogen and oxygen atoms in total. The summed E-state index contributed by atoms with van der Waals surface area (Å²) < 4.78 is 1.71. The molecular weight excluding hydrogens is 284 g/mol. The van der Waals surface area contributed by atoms with E-state index in [0.29, 0.717) is 5.69 Å². The molecule has 0 radical (unpaired) electrons. The van der Waals surface area contributed by atoms with E-state index in [0.717, 1.165) is 17.5 Å². The summed E-state index contributed by atoms with van der Waals surface area (Å²) in [4.78, 5) is 17.6. The molecule has 0 aliphatic carbocycles. The van der Waals surface area contributed by atoms with Gasteiger partial charge in [0.2, 0.25) is 0 Å². The lowest BCUT2D eigenvalue weighted by Gasteiger charge is -2.19. The fraction of sp³-hybridized carbons (Fsp3) is 0.300. The van der Waals surface area contributed by atoms with Gasteiger partial charge < -0.3 is 4.57 Å². The molecule has 1 aromatic heterocycles. The van der Waals surface area contributed by atoms with E-state index in [1.165, 1.54) is 16.7 Å². The van der Waals surface area contributed by atoms with Crippen LogP contribution in [0.4, 0.5) is 0 Å². The SMILES string of the molecule is CCC(c1cc(C)ccc1C)c1nc2ccccc2n(C)c1=O. The second kappa shape index (κ2) is 5.99. The standard InChI is InChI=1S/C20H22N2O/c1-5-15(16-12-13(2)10-11-14(16)3)19-20(23)22(4)18-9-7-6-8-17(18)21-19/h6-12,15H,5H2,1-4H3. The molecule has 1 heterocycles. The van der Waals surface area contributed by atoms with Crippen LogP contribution < -0.4 is 5.56 Å². The van der Waals surface area contributed by atoms with Gasteiger partial charge in [-0.25, -0.2) is 4.98 Å². The number of rotatable bonds is 3. The Bertz CT molecular complexity index is 925. The van der Waals surface area contributed by atoms with E-state index in [9.17, 15) is 4.79 Å². The van der Waals surface area contributed by atoms with Crippen LogP contribution in [0.1, 0.15) is 41.6 Å². The van der Waals surface area contributed by atoms with E-state index < -0.39 is 0 Å². The molecule has 23 heavy (non-hydrogen) atoms. The summed E-state index contributed by atoms with van der Waals surface area (Å²) in [5, 5.41) is 0. The summed E-state index contributed by atoms with van der Waals surface area (Å²) in [7, 11) is 1.83. The van der Waals surface area contributed by atoms with Gasteiger partial charge in [-0.2, -0.15) is 0 Å². The number of nitrogens with zero attached hydrogens (tertiary/aromatic N) is 2. The molecule has 1 unspecified atom stereocenters. The lowest BCUT2D eigenvalue weighted by Crippen LogP contribution is -2.26. The van der Waals surface area contributed by atoms with Crippen LogP contribution in [0.5, 0.6) is 0 Å². The number of aryl methyl sites for hydroxylation is 3. The highest BCUT2D eigenvalue weighted by molar-refractivity contribution is 5.74. The Morgan fingerprint density at radius 3 is 2.61 bits per heavy atom. The third-order valence-electron chi connectivity index (χ3n) is 4.56. The quantitative estimate of drug-likeness (QED) is 0.730. The Hall–Kier alpha value is -2.42. The molecule has 0 bridgehead atoms. The molecule has 0 amide bonds. The predicted octanol–water partition coefficient (Wildman–Crippen LogP) is 4.09. The zero-order valence-corrected chi connectivity index (χ0v) is 14.1. The normalized spacial score (nSPS) is 12.5. The first kappa shape index (κ1) is 15.5. The molecule has 3 aromatic rings. The molecule has 0 spiro atoms. The van der Waals surface area contributed by atoms with Gasteiger partial charge in [-0.1, -0.05) is 42.8 Å². The van der Waals surface area contributed by atoms with E-state index in [1.54, 1.807) is 4.57 Å². The highest BCUT2D eigenvalue weighted by Crippen LogP contribution is 2.28. The summed E-state index contributed by atoms with van der Waals surface area (Å²) in [6, 6.07) is 14.2. The van der Waals surface area contributed by atoms with Crippen LogP contribution in [-0.4, -0.2) is 9.55 Å². The first-order chi connectivity index (χ1) is 11.0. The average Bonchev–Trinajstić information content (AvgIpc) is 2.56. The van der Waals surface area contributed by atoms with Crippen LogP contribution in [0.25, 0.3) is 11.0 Å². The van der Waals surface area contributed by atoms with Crippen LogP contribution >= 0.6 is 0 Å².